The maximum Gasteiger partial charge on any atom is 0.111 e. The Kier molecular flexibility index (Phi) is 27.9. The number of halogens is 6. The Labute approximate surface area is 386 Å². The van der Waals surface area contributed by atoms with Crippen molar-refractivity contribution in [3.05, 3.63) is 215 Å². The third-order valence-corrected chi connectivity index (χ3v) is 7.32. The average molecular weight is 1010 g/mol. The van der Waals surface area contributed by atoms with Gasteiger partial charge in [0.25, 0.3) is 0 Å². The van der Waals surface area contributed by atoms with Crippen LogP contribution in [0.15, 0.2) is 146 Å². The first-order valence-electron chi connectivity index (χ1n) is 18.1. The van der Waals surface area contributed by atoms with Crippen LogP contribution in [-0.2, 0) is 46.7 Å². The fourth-order valence-electron chi connectivity index (χ4n) is 5.04. The Bertz CT molecular complexity index is 1890. The molecule has 8 rings (SSSR count). The summed E-state index contributed by atoms with van der Waals surface area (Å²) in [7, 11) is 0. The van der Waals surface area contributed by atoms with Crippen LogP contribution in [0, 0.1) is 47.6 Å². The van der Waals surface area contributed by atoms with Crippen molar-refractivity contribution in [1.82, 2.24) is 0 Å². The summed E-state index contributed by atoms with van der Waals surface area (Å²) in [6.45, 7) is 9.23. The molecule has 4 aromatic carbocycles. The van der Waals surface area contributed by atoms with E-state index in [9.17, 15) is 17.6 Å². The molecular formula is C48H44Cl2F4Si2Zr2-2. The molecule has 296 valence electrons. The molecule has 58 heavy (non-hydrogen) atoms. The summed E-state index contributed by atoms with van der Waals surface area (Å²) in [4.78, 5) is 0. The van der Waals surface area contributed by atoms with Gasteiger partial charge in [-0.3, -0.25) is 0 Å². The maximum atomic E-state index is 12.8. The minimum atomic E-state index is -0.192. The first-order valence-corrected chi connectivity index (χ1v) is 30.5. The first kappa shape index (κ1) is 53.3. The molecule has 0 unspecified atom stereocenters. The molecule has 10 heteroatoms. The van der Waals surface area contributed by atoms with E-state index in [1.807, 2.05) is 72.9 Å². The van der Waals surface area contributed by atoms with E-state index < -0.39 is 0 Å². The van der Waals surface area contributed by atoms with Crippen molar-refractivity contribution in [2.24, 2.45) is 0 Å². The summed E-state index contributed by atoms with van der Waals surface area (Å²) >= 11 is 3.48. The Morgan fingerprint density at radius 3 is 0.724 bits per heavy atom. The van der Waals surface area contributed by atoms with E-state index in [0.717, 1.165) is 70.2 Å². The van der Waals surface area contributed by atoms with Crippen LogP contribution in [0.1, 0.15) is 47.9 Å². The fourth-order valence-corrected chi connectivity index (χ4v) is 5.04. The van der Waals surface area contributed by atoms with Crippen LogP contribution >= 0.6 is 0 Å². The largest absolute Gasteiger partial charge is 1.00 e. The summed E-state index contributed by atoms with van der Waals surface area (Å²) in [5, 5.41) is 0. The molecule has 0 aliphatic heterocycles. The van der Waals surface area contributed by atoms with E-state index in [2.05, 4.69) is 50.5 Å². The van der Waals surface area contributed by atoms with E-state index in [4.69, 9.17) is 0 Å². The standard InChI is InChI=1S/4C11H8F.2C2H6Si.2ClH.2Zr/c4*12-11-7-3-6-10(8-11)9-4-1-2-5-9;2*1-3-2;;;;/h4*1,3-4,6-8H,2H2;2*1-2H3;2*1H;;/q4*-1;;;;;2*+2/p-2. The zero-order valence-electron chi connectivity index (χ0n) is 33.0. The predicted molar refractivity (Wildman–Crippen MR) is 222 cm³/mol. The van der Waals surface area contributed by atoms with Crippen molar-refractivity contribution in [1.29, 1.82) is 0 Å². The minimum absolute atomic E-state index is 0. The summed E-state index contributed by atoms with van der Waals surface area (Å²) in [5.41, 5.74) is 8.03. The number of hydrogen-bond acceptors (Lipinski definition) is 0. The summed E-state index contributed by atoms with van der Waals surface area (Å²) < 4.78 is 51.0. The van der Waals surface area contributed by atoms with Crippen molar-refractivity contribution in [3.8, 4) is 0 Å². The van der Waals surface area contributed by atoms with Crippen molar-refractivity contribution < 1.29 is 89.0 Å². The molecule has 0 spiro atoms. The third-order valence-electron chi connectivity index (χ3n) is 7.32. The first-order chi connectivity index (χ1) is 26.9. The van der Waals surface area contributed by atoms with Crippen LogP contribution in [0.2, 0.25) is 26.2 Å². The number of allylic oxidation sites excluding steroid dienone is 16. The van der Waals surface area contributed by atoms with Crippen LogP contribution in [-0.4, -0.2) is 10.9 Å². The van der Waals surface area contributed by atoms with Crippen LogP contribution in [0.25, 0.3) is 22.3 Å². The van der Waals surface area contributed by atoms with Crippen LogP contribution in [0.4, 0.5) is 17.6 Å². The quantitative estimate of drug-likeness (QED) is 0.113. The van der Waals surface area contributed by atoms with Gasteiger partial charge in [0.15, 0.2) is 0 Å². The molecule has 0 nitrogen and oxygen atoms in total. The maximum absolute atomic E-state index is 12.8. The second-order valence-corrected chi connectivity index (χ2v) is 31.6. The average Bonchev–Trinajstić information content (AvgIpc) is 4.01. The second kappa shape index (κ2) is 30.3. The minimum Gasteiger partial charge on any atom is -1.00 e. The van der Waals surface area contributed by atoms with Crippen LogP contribution in [0.5, 0.6) is 0 Å². The van der Waals surface area contributed by atoms with Gasteiger partial charge in [0.2, 0.25) is 0 Å². The fraction of sp³-hybridized carbons (Fsp3) is 0.167. The molecular weight excluding hydrogens is 962 g/mol. The molecule has 4 aliphatic rings. The van der Waals surface area contributed by atoms with E-state index in [-0.39, 0.29) is 59.0 Å². The summed E-state index contributed by atoms with van der Waals surface area (Å²) in [6, 6.07) is 26.3. The van der Waals surface area contributed by atoms with Crippen molar-refractivity contribution in [2.45, 2.75) is 51.9 Å². The summed E-state index contributed by atoms with van der Waals surface area (Å²) in [5.74, 6) is -0.770. The number of rotatable bonds is 4. The molecule has 4 aliphatic carbocycles. The molecule has 0 fully saturated rings. The Hall–Kier alpha value is -2.70. The van der Waals surface area contributed by atoms with E-state index >= 15 is 0 Å². The molecule has 0 saturated carbocycles. The van der Waals surface area contributed by atoms with Gasteiger partial charge in [0.1, 0.15) is 23.3 Å². The number of hydrogen-bond donors (Lipinski definition) is 0. The van der Waals surface area contributed by atoms with Crippen molar-refractivity contribution in [3.63, 3.8) is 0 Å². The van der Waals surface area contributed by atoms with Gasteiger partial charge in [0.05, 0.1) is 0 Å². The monoisotopic (exact) mass is 1000 g/mol. The SMILES string of the molecule is C[Si](C)=[Zr+2].C[Si](C)=[Zr+2].Fc1cccc(C2=[C-]CC=C2)c1.Fc1cccc(C2=[C-]CC=C2)c1.Fc1cccc(C2=[C-]CC=C2)c1.Fc1cccc(C2=[C-]CC=C2)c1.[Cl-].[Cl-]. The van der Waals surface area contributed by atoms with Gasteiger partial charge in [-0.05, 0) is 24.3 Å². The van der Waals surface area contributed by atoms with Gasteiger partial charge < -0.3 is 24.8 Å². The smallest absolute Gasteiger partial charge is 0.111 e. The molecule has 0 radical (unpaired) electrons. The molecule has 0 saturated heterocycles. The molecule has 0 atom stereocenters. The zero-order valence-corrected chi connectivity index (χ0v) is 41.4. The van der Waals surface area contributed by atoms with E-state index in [1.165, 1.54) is 48.5 Å². The van der Waals surface area contributed by atoms with Gasteiger partial charge >= 0.3 is 83.7 Å². The number of benzene rings is 4. The summed E-state index contributed by atoms with van der Waals surface area (Å²) in [6.07, 6.45) is 31.8. The topological polar surface area (TPSA) is 0 Å². The molecule has 0 bridgehead atoms. The van der Waals surface area contributed by atoms with Gasteiger partial charge in [-0.25, -0.2) is 17.6 Å². The molecule has 0 N–H and O–H groups in total. The molecule has 4 aromatic rings. The predicted octanol–water partition coefficient (Wildman–Crippen LogP) is 7.47. The normalized spacial score (nSPS) is 13.3. The Morgan fingerprint density at radius 1 is 0.397 bits per heavy atom. The molecule has 0 aromatic heterocycles. The van der Waals surface area contributed by atoms with Gasteiger partial charge in [0, 0.05) is 0 Å². The van der Waals surface area contributed by atoms with E-state index in [0.29, 0.717) is 0 Å². The zero-order chi connectivity index (χ0) is 40.7. The second-order valence-electron chi connectivity index (χ2n) is 12.8. The van der Waals surface area contributed by atoms with Gasteiger partial charge in [-0.1, -0.05) is 74.2 Å². The van der Waals surface area contributed by atoms with E-state index in [1.54, 1.807) is 70.9 Å². The molecule has 0 heterocycles. The molecule has 0 amide bonds. The Balaban J connectivity index is 0.000000360. The van der Waals surface area contributed by atoms with Crippen molar-refractivity contribution in [2.75, 3.05) is 0 Å². The third kappa shape index (κ3) is 22.1. The van der Waals surface area contributed by atoms with Crippen LogP contribution < -0.4 is 24.8 Å². The van der Waals surface area contributed by atoms with Crippen LogP contribution in [0.3, 0.4) is 0 Å². The van der Waals surface area contributed by atoms with Gasteiger partial charge in [-0.15, -0.1) is 70.8 Å². The Morgan fingerprint density at radius 2 is 0.586 bits per heavy atom. The van der Waals surface area contributed by atoms with Gasteiger partial charge in [-0.2, -0.15) is 70.9 Å². The van der Waals surface area contributed by atoms with Crippen molar-refractivity contribution >= 4 is 33.2 Å².